The third kappa shape index (κ3) is 1530. The van der Waals surface area contributed by atoms with Crippen molar-refractivity contribution in [1.29, 1.82) is 0 Å². The first-order chi connectivity index (χ1) is 6.93. The largest absolute Gasteiger partial charge is 3.00 e. The fraction of sp³-hybridized carbons (Fsp3) is 0.500. The molecule has 9 heteroatoms. The first-order valence-corrected chi connectivity index (χ1v) is 3.65. The Morgan fingerprint density at radius 2 is 0.706 bits per heavy atom. The molecule has 0 saturated heterocycles. The fourth-order valence-corrected chi connectivity index (χ4v) is 0. The van der Waals surface area contributed by atoms with Crippen LogP contribution >= 0.6 is 0 Å². The first-order valence-electron chi connectivity index (χ1n) is 3.65. The second kappa shape index (κ2) is 24.1. The van der Waals surface area contributed by atoms with E-state index in [2.05, 4.69) is 0 Å². The SMILES string of the molecule is CC(=O)O.CC(=O)[O-].CC(=O)[O-].CC(=O)[O-].[In+3]. The van der Waals surface area contributed by atoms with Crippen molar-refractivity contribution in [3.8, 4) is 0 Å². The molecule has 0 aliphatic carbocycles. The molecule has 8 nitrogen and oxygen atoms in total. The third-order valence-corrected chi connectivity index (χ3v) is 0. The van der Waals surface area contributed by atoms with Gasteiger partial charge in [-0.25, -0.2) is 0 Å². The van der Waals surface area contributed by atoms with E-state index in [4.69, 9.17) is 39.6 Å². The molecule has 0 bridgehead atoms. The number of carboxylic acids is 4. The van der Waals surface area contributed by atoms with E-state index in [1.54, 1.807) is 0 Å². The molecule has 0 radical (unpaired) electrons. The number of carbonyl (C=O) groups is 4. The Balaban J connectivity index is -0.0000000369. The molecular weight excluding hydrogens is 339 g/mol. The van der Waals surface area contributed by atoms with Crippen LogP contribution in [0, 0.1) is 0 Å². The number of hydrogen-bond acceptors (Lipinski definition) is 7. The summed E-state index contributed by atoms with van der Waals surface area (Å²) in [7, 11) is 0. The number of carbonyl (C=O) groups excluding carboxylic acids is 3. The van der Waals surface area contributed by atoms with Crippen LogP contribution in [0.3, 0.4) is 0 Å². The molecular formula is C8H13InO8. The van der Waals surface area contributed by atoms with Gasteiger partial charge in [0.25, 0.3) is 5.97 Å². The van der Waals surface area contributed by atoms with Crippen molar-refractivity contribution in [3.05, 3.63) is 0 Å². The molecule has 0 aromatic carbocycles. The van der Waals surface area contributed by atoms with Crippen molar-refractivity contribution in [1.82, 2.24) is 0 Å². The van der Waals surface area contributed by atoms with Crippen molar-refractivity contribution in [2.24, 2.45) is 0 Å². The number of rotatable bonds is 0. The second-order valence-electron chi connectivity index (χ2n) is 1.99. The van der Waals surface area contributed by atoms with Gasteiger partial charge in [-0.1, -0.05) is 0 Å². The zero-order chi connectivity index (χ0) is 14.3. The average molecular weight is 352 g/mol. The van der Waals surface area contributed by atoms with Crippen LogP contribution in [-0.4, -0.2) is 54.8 Å². The summed E-state index contributed by atoms with van der Waals surface area (Å²) in [5, 5.41) is 34.1. The Hall–Kier alpha value is -1.25. The molecule has 0 aliphatic heterocycles. The molecule has 0 heterocycles. The molecule has 0 atom stereocenters. The minimum atomic E-state index is -1.08. The first kappa shape index (κ1) is 29.7. The molecule has 0 fully saturated rings. The van der Waals surface area contributed by atoms with Crippen LogP contribution in [0.5, 0.6) is 0 Å². The van der Waals surface area contributed by atoms with E-state index in [1.807, 2.05) is 0 Å². The summed E-state index contributed by atoms with van der Waals surface area (Å²) in [6, 6.07) is 0. The van der Waals surface area contributed by atoms with Gasteiger partial charge < -0.3 is 34.8 Å². The molecule has 0 unspecified atom stereocenters. The quantitative estimate of drug-likeness (QED) is 0.462. The van der Waals surface area contributed by atoms with Crippen LogP contribution in [0.4, 0.5) is 0 Å². The van der Waals surface area contributed by atoms with Gasteiger partial charge in [0.15, 0.2) is 0 Å². The molecule has 0 amide bonds. The number of aliphatic carboxylic acids is 4. The van der Waals surface area contributed by atoms with Gasteiger partial charge in [0.1, 0.15) is 0 Å². The number of hydrogen-bond donors (Lipinski definition) is 1. The molecule has 0 saturated carbocycles. The molecule has 0 aliphatic rings. The summed E-state index contributed by atoms with van der Waals surface area (Å²) in [5.74, 6) is -4.08. The third-order valence-electron chi connectivity index (χ3n) is 0. The molecule has 0 aromatic heterocycles. The van der Waals surface area contributed by atoms with Crippen LogP contribution in [0.1, 0.15) is 27.7 Å². The van der Waals surface area contributed by atoms with Gasteiger partial charge in [-0.3, -0.25) is 4.79 Å². The molecule has 0 spiro atoms. The monoisotopic (exact) mass is 352 g/mol. The summed E-state index contributed by atoms with van der Waals surface area (Å²) in [6.45, 7) is 4.00. The van der Waals surface area contributed by atoms with Gasteiger partial charge in [-0.05, 0) is 20.8 Å². The molecule has 17 heavy (non-hydrogen) atoms. The van der Waals surface area contributed by atoms with Crippen molar-refractivity contribution in [2.45, 2.75) is 27.7 Å². The summed E-state index contributed by atoms with van der Waals surface area (Å²) >= 11 is 0. The van der Waals surface area contributed by atoms with Crippen molar-refractivity contribution >= 4 is 49.7 Å². The van der Waals surface area contributed by atoms with E-state index >= 15 is 0 Å². The van der Waals surface area contributed by atoms with Gasteiger partial charge in [0.2, 0.25) is 0 Å². The summed E-state index contributed by atoms with van der Waals surface area (Å²) < 4.78 is 0. The second-order valence-corrected chi connectivity index (χ2v) is 1.99. The van der Waals surface area contributed by atoms with E-state index in [0.717, 1.165) is 27.7 Å². The van der Waals surface area contributed by atoms with Gasteiger partial charge in [0.05, 0.1) is 0 Å². The minimum absolute atomic E-state index is 0. The predicted molar refractivity (Wildman–Crippen MR) is 51.1 cm³/mol. The zero-order valence-corrected chi connectivity index (χ0v) is 13.2. The maximum absolute atomic E-state index is 9.00. The molecule has 0 aromatic rings. The van der Waals surface area contributed by atoms with E-state index < -0.39 is 23.9 Å². The fourth-order valence-electron chi connectivity index (χ4n) is 0. The topological polar surface area (TPSA) is 158 Å². The Morgan fingerprint density at radius 3 is 0.706 bits per heavy atom. The summed E-state index contributed by atoms with van der Waals surface area (Å²) in [6.07, 6.45) is 0. The zero-order valence-electron chi connectivity index (χ0n) is 9.88. The standard InChI is InChI=1S/4C2H4O2.In/c4*1-2(3)4;/h4*1H3,(H,3,4);/q;;;;+3/p-3. The van der Waals surface area contributed by atoms with Crippen molar-refractivity contribution < 1.29 is 39.6 Å². The van der Waals surface area contributed by atoms with Crippen molar-refractivity contribution in [3.63, 3.8) is 0 Å². The molecule has 1 N–H and O–H groups in total. The van der Waals surface area contributed by atoms with Gasteiger partial charge in [-0.2, -0.15) is 0 Å². The Kier molecular flexibility index (Phi) is 42.1. The van der Waals surface area contributed by atoms with Gasteiger partial charge in [0, 0.05) is 24.8 Å². The number of carboxylic acid groups (broad SMARTS) is 4. The van der Waals surface area contributed by atoms with Gasteiger partial charge in [-0.15, -0.1) is 0 Å². The van der Waals surface area contributed by atoms with Crippen LogP contribution in [0.2, 0.25) is 0 Å². The maximum atomic E-state index is 9.00. The van der Waals surface area contributed by atoms with Crippen LogP contribution in [0.15, 0.2) is 0 Å². The Morgan fingerprint density at radius 1 is 0.706 bits per heavy atom. The average Bonchev–Trinajstić information content (AvgIpc) is 1.76. The Labute approximate surface area is 117 Å². The Bertz CT molecular complexity index is 162. The maximum Gasteiger partial charge on any atom is 3.00 e. The molecule has 0 rings (SSSR count). The van der Waals surface area contributed by atoms with Crippen LogP contribution < -0.4 is 15.3 Å². The van der Waals surface area contributed by atoms with Crippen LogP contribution in [0.25, 0.3) is 0 Å². The normalized spacial score (nSPS) is 5.88. The van der Waals surface area contributed by atoms with E-state index in [0.29, 0.717) is 0 Å². The minimum Gasteiger partial charge on any atom is -0.550 e. The van der Waals surface area contributed by atoms with Crippen LogP contribution in [-0.2, 0) is 19.2 Å². The van der Waals surface area contributed by atoms with E-state index in [1.165, 1.54) is 0 Å². The van der Waals surface area contributed by atoms with Crippen molar-refractivity contribution in [2.75, 3.05) is 0 Å². The molecule has 96 valence electrons. The summed E-state index contributed by atoms with van der Waals surface area (Å²) in [5.41, 5.74) is 0. The van der Waals surface area contributed by atoms with Gasteiger partial charge >= 0.3 is 25.8 Å². The predicted octanol–water partition coefficient (Wildman–Crippen LogP) is -4.02. The summed E-state index contributed by atoms with van der Waals surface area (Å²) in [4.78, 5) is 35.7. The van der Waals surface area contributed by atoms with E-state index in [9.17, 15) is 0 Å². The van der Waals surface area contributed by atoms with E-state index in [-0.39, 0.29) is 25.8 Å². The smallest absolute Gasteiger partial charge is 0.550 e.